The van der Waals surface area contributed by atoms with Crippen LogP contribution in [0.5, 0.6) is 5.75 Å². The third-order valence-electron chi connectivity index (χ3n) is 3.66. The van der Waals surface area contributed by atoms with E-state index in [2.05, 4.69) is 0 Å². The molecule has 0 radical (unpaired) electrons. The third-order valence-corrected chi connectivity index (χ3v) is 3.66. The third kappa shape index (κ3) is 2.28. The largest absolute Gasteiger partial charge is 0.505 e. The van der Waals surface area contributed by atoms with E-state index in [-0.39, 0.29) is 17.3 Å². The number of rotatable bonds is 3. The Morgan fingerprint density at radius 2 is 2.11 bits per heavy atom. The number of benzene rings is 1. The number of phenolic OH excluding ortho intramolecular Hbond substituents is 1. The summed E-state index contributed by atoms with van der Waals surface area (Å²) in [5, 5.41) is 9.88. The SMILES string of the molecule is CCN(C(=O)c1cccc(N)c1O)C1CCCC1. The summed E-state index contributed by atoms with van der Waals surface area (Å²) in [6.07, 6.45) is 4.47. The van der Waals surface area contributed by atoms with Crippen molar-refractivity contribution in [2.24, 2.45) is 0 Å². The fourth-order valence-corrected chi connectivity index (χ4v) is 2.67. The van der Waals surface area contributed by atoms with Crippen LogP contribution in [0.3, 0.4) is 0 Å². The van der Waals surface area contributed by atoms with Crippen molar-refractivity contribution < 1.29 is 9.90 Å². The number of carbonyl (C=O) groups is 1. The highest BCUT2D eigenvalue weighted by Crippen LogP contribution is 2.29. The molecule has 4 nitrogen and oxygen atoms in total. The quantitative estimate of drug-likeness (QED) is 0.637. The van der Waals surface area contributed by atoms with Crippen LogP contribution in [0, 0.1) is 0 Å². The molecule has 0 aromatic heterocycles. The predicted octanol–water partition coefficient (Wildman–Crippen LogP) is 2.38. The fraction of sp³-hybridized carbons (Fsp3) is 0.500. The van der Waals surface area contributed by atoms with Crippen LogP contribution in [0.4, 0.5) is 5.69 Å². The standard InChI is InChI=1S/C14H20N2O2/c1-2-16(10-6-3-4-7-10)14(18)11-8-5-9-12(15)13(11)17/h5,8-10,17H,2-4,6-7,15H2,1H3. The second-order valence-corrected chi connectivity index (χ2v) is 4.77. The maximum atomic E-state index is 12.4. The minimum Gasteiger partial charge on any atom is -0.505 e. The monoisotopic (exact) mass is 248 g/mol. The highest BCUT2D eigenvalue weighted by molar-refractivity contribution is 5.98. The molecular weight excluding hydrogens is 228 g/mol. The van der Waals surface area contributed by atoms with Crippen LogP contribution < -0.4 is 5.73 Å². The molecule has 0 spiro atoms. The number of anilines is 1. The van der Waals surface area contributed by atoms with Gasteiger partial charge in [-0.2, -0.15) is 0 Å². The molecule has 1 saturated carbocycles. The van der Waals surface area contributed by atoms with Crippen molar-refractivity contribution in [2.45, 2.75) is 38.6 Å². The van der Waals surface area contributed by atoms with Gasteiger partial charge in [0, 0.05) is 12.6 Å². The van der Waals surface area contributed by atoms with Crippen molar-refractivity contribution >= 4 is 11.6 Å². The average molecular weight is 248 g/mol. The van der Waals surface area contributed by atoms with Gasteiger partial charge >= 0.3 is 0 Å². The van der Waals surface area contributed by atoms with Gasteiger partial charge < -0.3 is 15.7 Å². The van der Waals surface area contributed by atoms with Gasteiger partial charge in [0.2, 0.25) is 0 Å². The van der Waals surface area contributed by atoms with Crippen LogP contribution in [-0.2, 0) is 0 Å². The molecule has 1 aromatic carbocycles. The molecule has 1 fully saturated rings. The first kappa shape index (κ1) is 12.7. The summed E-state index contributed by atoms with van der Waals surface area (Å²) in [5.74, 6) is -0.215. The van der Waals surface area contributed by atoms with Gasteiger partial charge in [0.25, 0.3) is 5.91 Å². The van der Waals surface area contributed by atoms with E-state index in [1.165, 1.54) is 12.8 Å². The first-order valence-corrected chi connectivity index (χ1v) is 6.53. The topological polar surface area (TPSA) is 66.6 Å². The van der Waals surface area contributed by atoms with Crippen LogP contribution in [0.25, 0.3) is 0 Å². The Kier molecular flexibility index (Phi) is 3.75. The Morgan fingerprint density at radius 3 is 2.72 bits per heavy atom. The van der Waals surface area contributed by atoms with Crippen molar-refractivity contribution in [3.05, 3.63) is 23.8 Å². The Morgan fingerprint density at radius 1 is 1.44 bits per heavy atom. The number of nitrogen functional groups attached to an aromatic ring is 1. The minimum absolute atomic E-state index is 0.0982. The number of amides is 1. The molecule has 0 saturated heterocycles. The number of carbonyl (C=O) groups excluding carboxylic acids is 1. The van der Waals surface area contributed by atoms with Gasteiger partial charge in [-0.15, -0.1) is 0 Å². The lowest BCUT2D eigenvalue weighted by Gasteiger charge is -2.28. The Bertz CT molecular complexity index is 439. The van der Waals surface area contributed by atoms with Gasteiger partial charge in [0.1, 0.15) is 0 Å². The van der Waals surface area contributed by atoms with E-state index >= 15 is 0 Å². The van der Waals surface area contributed by atoms with Crippen molar-refractivity contribution in [1.82, 2.24) is 4.90 Å². The van der Waals surface area contributed by atoms with Crippen molar-refractivity contribution in [2.75, 3.05) is 12.3 Å². The summed E-state index contributed by atoms with van der Waals surface area (Å²) in [7, 11) is 0. The van der Waals surface area contributed by atoms with Gasteiger partial charge in [-0.1, -0.05) is 18.9 Å². The number of para-hydroxylation sites is 1. The summed E-state index contributed by atoms with van der Waals surface area (Å²) in [6.45, 7) is 2.64. The molecule has 2 rings (SSSR count). The van der Waals surface area contributed by atoms with E-state index < -0.39 is 0 Å². The van der Waals surface area contributed by atoms with E-state index in [0.717, 1.165) is 12.8 Å². The fourth-order valence-electron chi connectivity index (χ4n) is 2.67. The zero-order chi connectivity index (χ0) is 13.1. The summed E-state index contributed by atoms with van der Waals surface area (Å²) in [6, 6.07) is 5.23. The molecular formula is C14H20N2O2. The lowest BCUT2D eigenvalue weighted by molar-refractivity contribution is 0.0690. The van der Waals surface area contributed by atoms with Crippen LogP contribution in [0.15, 0.2) is 18.2 Å². The van der Waals surface area contributed by atoms with Gasteiger partial charge in [-0.3, -0.25) is 4.79 Å². The first-order valence-electron chi connectivity index (χ1n) is 6.53. The molecule has 98 valence electrons. The zero-order valence-corrected chi connectivity index (χ0v) is 10.7. The van der Waals surface area contributed by atoms with Gasteiger partial charge in [-0.05, 0) is 31.9 Å². The van der Waals surface area contributed by atoms with Gasteiger partial charge in [-0.25, -0.2) is 0 Å². The number of hydrogen-bond acceptors (Lipinski definition) is 3. The van der Waals surface area contributed by atoms with Crippen LogP contribution in [0.1, 0.15) is 43.0 Å². The Labute approximate surface area is 107 Å². The molecule has 0 unspecified atom stereocenters. The summed E-state index contributed by atoms with van der Waals surface area (Å²) < 4.78 is 0. The van der Waals surface area contributed by atoms with Crippen molar-refractivity contribution in [3.63, 3.8) is 0 Å². The molecule has 4 heteroatoms. The lowest BCUT2D eigenvalue weighted by atomic mass is 10.1. The summed E-state index contributed by atoms with van der Waals surface area (Å²) in [5.41, 5.74) is 6.19. The first-order chi connectivity index (χ1) is 8.65. The molecule has 0 heterocycles. The average Bonchev–Trinajstić information content (AvgIpc) is 2.87. The maximum absolute atomic E-state index is 12.4. The highest BCUT2D eigenvalue weighted by atomic mass is 16.3. The number of aromatic hydroxyl groups is 1. The molecule has 1 aromatic rings. The van der Waals surface area contributed by atoms with Crippen LogP contribution in [0.2, 0.25) is 0 Å². The smallest absolute Gasteiger partial charge is 0.257 e. The van der Waals surface area contributed by atoms with Crippen molar-refractivity contribution in [1.29, 1.82) is 0 Å². The Hall–Kier alpha value is -1.71. The van der Waals surface area contributed by atoms with E-state index in [0.29, 0.717) is 18.2 Å². The van der Waals surface area contributed by atoms with Crippen LogP contribution >= 0.6 is 0 Å². The molecule has 0 bridgehead atoms. The van der Waals surface area contributed by atoms with Crippen molar-refractivity contribution in [3.8, 4) is 5.75 Å². The molecule has 1 aliphatic carbocycles. The summed E-state index contributed by atoms with van der Waals surface area (Å²) in [4.78, 5) is 14.3. The molecule has 18 heavy (non-hydrogen) atoms. The highest BCUT2D eigenvalue weighted by Gasteiger charge is 2.27. The van der Waals surface area contributed by atoms with Gasteiger partial charge in [0.15, 0.2) is 5.75 Å². The predicted molar refractivity (Wildman–Crippen MR) is 71.5 cm³/mol. The molecule has 1 aliphatic rings. The van der Waals surface area contributed by atoms with E-state index in [9.17, 15) is 9.90 Å². The zero-order valence-electron chi connectivity index (χ0n) is 10.7. The number of phenols is 1. The van der Waals surface area contributed by atoms with Gasteiger partial charge in [0.05, 0.1) is 11.3 Å². The Balaban J connectivity index is 2.25. The van der Waals surface area contributed by atoms with E-state index in [1.54, 1.807) is 18.2 Å². The summed E-state index contributed by atoms with van der Waals surface area (Å²) >= 11 is 0. The minimum atomic E-state index is -0.116. The number of nitrogens with two attached hydrogens (primary N) is 1. The maximum Gasteiger partial charge on any atom is 0.257 e. The number of hydrogen-bond donors (Lipinski definition) is 2. The lowest BCUT2D eigenvalue weighted by Crippen LogP contribution is -2.38. The van der Waals surface area contributed by atoms with E-state index in [1.807, 2.05) is 11.8 Å². The molecule has 0 aliphatic heterocycles. The molecule has 1 amide bonds. The second kappa shape index (κ2) is 5.29. The van der Waals surface area contributed by atoms with Crippen LogP contribution in [-0.4, -0.2) is 28.5 Å². The second-order valence-electron chi connectivity index (χ2n) is 4.77. The number of nitrogens with zero attached hydrogens (tertiary/aromatic N) is 1. The molecule has 0 atom stereocenters. The normalized spacial score (nSPS) is 15.8. The van der Waals surface area contributed by atoms with E-state index in [4.69, 9.17) is 5.73 Å². The molecule has 3 N–H and O–H groups in total.